The number of pyridine rings is 1. The van der Waals surface area contributed by atoms with Crippen molar-refractivity contribution in [3.63, 3.8) is 0 Å². The molecular formula is C8H11N3O3. The van der Waals surface area contributed by atoms with E-state index in [4.69, 9.17) is 4.91 Å². The molecular weight excluding hydrogens is 186 g/mol. The molecule has 0 radical (unpaired) electrons. The van der Waals surface area contributed by atoms with Crippen LogP contribution in [0.25, 0.3) is 0 Å². The maximum Gasteiger partial charge on any atom is 0.278 e. The number of nitroso groups, excluding NO2 is 1. The second-order valence-corrected chi connectivity index (χ2v) is 2.76. The Labute approximate surface area is 80.9 Å². The number of rotatable bonds is 1. The minimum atomic E-state index is -0.362. The van der Waals surface area contributed by atoms with Crippen LogP contribution >= 0.6 is 0 Å². The van der Waals surface area contributed by atoms with E-state index in [9.17, 15) is 10.1 Å². The summed E-state index contributed by atoms with van der Waals surface area (Å²) in [4.78, 5) is 21.7. The normalized spacial score (nSPS) is 8.79. The summed E-state index contributed by atoms with van der Waals surface area (Å²) in [5.74, 6) is 0. The van der Waals surface area contributed by atoms with E-state index in [0.29, 0.717) is 16.8 Å². The summed E-state index contributed by atoms with van der Waals surface area (Å²) in [5, 5.41) is 10.6. The van der Waals surface area contributed by atoms with Gasteiger partial charge in [0.05, 0.1) is 4.92 Å². The molecule has 0 aromatic carbocycles. The van der Waals surface area contributed by atoms with Gasteiger partial charge in [-0.05, 0) is 20.8 Å². The van der Waals surface area contributed by atoms with E-state index in [1.54, 1.807) is 20.8 Å². The van der Waals surface area contributed by atoms with Gasteiger partial charge in [0.1, 0.15) is 0 Å². The third kappa shape index (κ3) is 2.32. The Bertz CT molecular complexity index is 352. The number of nitrogens with one attached hydrogen (secondary N) is 1. The Hall–Kier alpha value is -1.85. The predicted molar refractivity (Wildman–Crippen MR) is 51.2 cm³/mol. The van der Waals surface area contributed by atoms with Crippen LogP contribution in [0.2, 0.25) is 0 Å². The van der Waals surface area contributed by atoms with Crippen molar-refractivity contribution in [3.05, 3.63) is 38.0 Å². The first-order valence-corrected chi connectivity index (χ1v) is 3.81. The van der Waals surface area contributed by atoms with Crippen molar-refractivity contribution in [2.24, 2.45) is 0 Å². The minimum absolute atomic E-state index is 0.183. The van der Waals surface area contributed by atoms with Gasteiger partial charge in [-0.3, -0.25) is 15.1 Å². The lowest BCUT2D eigenvalue weighted by Gasteiger charge is -2.02. The summed E-state index contributed by atoms with van der Waals surface area (Å²) < 4.78 is 0. The van der Waals surface area contributed by atoms with E-state index in [1.807, 2.05) is 0 Å². The molecule has 0 aliphatic carbocycles. The molecule has 0 bridgehead atoms. The molecule has 76 valence electrons. The molecule has 14 heavy (non-hydrogen) atoms. The van der Waals surface area contributed by atoms with Crippen molar-refractivity contribution in [1.82, 2.24) is 4.98 Å². The Morgan fingerprint density at radius 3 is 2.21 bits per heavy atom. The highest BCUT2D eigenvalue weighted by Gasteiger charge is 2.15. The molecule has 0 saturated carbocycles. The zero-order chi connectivity index (χ0) is 11.3. The summed E-state index contributed by atoms with van der Waals surface area (Å²) in [6.45, 7) is 5.17. The standard InChI is InChI=1S/C8H10N2O2.HNO/c1-5-4-9-7(3)6(2)8(5)10(11)12;1-2/h4H,1-3H3;1H. The van der Waals surface area contributed by atoms with Crippen LogP contribution in [-0.4, -0.2) is 9.91 Å². The molecule has 0 atom stereocenters. The number of aryl methyl sites for hydroxylation is 2. The van der Waals surface area contributed by atoms with Gasteiger partial charge in [-0.2, -0.15) is 4.91 Å². The molecule has 0 spiro atoms. The van der Waals surface area contributed by atoms with Gasteiger partial charge < -0.3 is 0 Å². The highest BCUT2D eigenvalue weighted by atomic mass is 16.6. The summed E-state index contributed by atoms with van der Waals surface area (Å²) in [6, 6.07) is 0. The first kappa shape index (κ1) is 12.2. The third-order valence-corrected chi connectivity index (χ3v) is 1.91. The molecule has 0 aliphatic rings. The number of nitrogens with zero attached hydrogens (tertiary/aromatic N) is 2. The molecule has 0 aliphatic heterocycles. The topological polar surface area (TPSA) is 96.9 Å². The molecule has 6 nitrogen and oxygen atoms in total. The minimum Gasteiger partial charge on any atom is -0.261 e. The van der Waals surface area contributed by atoms with Crippen molar-refractivity contribution in [2.45, 2.75) is 20.8 Å². The monoisotopic (exact) mass is 197 g/mol. The highest BCUT2D eigenvalue weighted by Crippen LogP contribution is 2.22. The number of hydrogen-bond donors (Lipinski definition) is 1. The first-order chi connectivity index (χ1) is 6.54. The zero-order valence-corrected chi connectivity index (χ0v) is 8.20. The maximum absolute atomic E-state index is 10.6. The van der Waals surface area contributed by atoms with E-state index < -0.39 is 0 Å². The third-order valence-electron chi connectivity index (χ3n) is 1.91. The van der Waals surface area contributed by atoms with Gasteiger partial charge in [0.15, 0.2) is 0 Å². The van der Waals surface area contributed by atoms with Crippen LogP contribution in [0.4, 0.5) is 5.69 Å². The van der Waals surface area contributed by atoms with Gasteiger partial charge in [0.25, 0.3) is 5.69 Å². The average molecular weight is 197 g/mol. The van der Waals surface area contributed by atoms with Gasteiger partial charge in [0, 0.05) is 23.0 Å². The second-order valence-electron chi connectivity index (χ2n) is 2.76. The largest absolute Gasteiger partial charge is 0.278 e. The Morgan fingerprint density at radius 1 is 1.36 bits per heavy atom. The van der Waals surface area contributed by atoms with Crippen LogP contribution in [0, 0.1) is 41.4 Å². The fourth-order valence-corrected chi connectivity index (χ4v) is 1.10. The summed E-state index contributed by atoms with van der Waals surface area (Å²) in [5.41, 5.74) is 6.66. The summed E-state index contributed by atoms with van der Waals surface area (Å²) in [6.07, 6.45) is 1.53. The molecule has 1 N–H and O–H groups in total. The van der Waals surface area contributed by atoms with Crippen LogP contribution in [0.3, 0.4) is 0 Å². The molecule has 0 amide bonds. The van der Waals surface area contributed by atoms with Gasteiger partial charge in [0.2, 0.25) is 0 Å². The van der Waals surface area contributed by atoms with Crippen molar-refractivity contribution in [3.8, 4) is 0 Å². The summed E-state index contributed by atoms with van der Waals surface area (Å²) in [7, 11) is 0. The van der Waals surface area contributed by atoms with Crippen molar-refractivity contribution >= 4 is 5.69 Å². The van der Waals surface area contributed by atoms with Gasteiger partial charge in [-0.1, -0.05) is 5.59 Å². The van der Waals surface area contributed by atoms with Crippen molar-refractivity contribution in [1.29, 1.82) is 5.59 Å². The Balaban J connectivity index is 0.000000791. The first-order valence-electron chi connectivity index (χ1n) is 3.81. The van der Waals surface area contributed by atoms with E-state index in [1.165, 1.54) is 6.20 Å². The second kappa shape index (κ2) is 5.00. The predicted octanol–water partition coefficient (Wildman–Crippen LogP) is 2.25. The van der Waals surface area contributed by atoms with E-state index >= 15 is 0 Å². The van der Waals surface area contributed by atoms with E-state index in [-0.39, 0.29) is 10.6 Å². The fraction of sp³-hybridized carbons (Fsp3) is 0.375. The van der Waals surface area contributed by atoms with Crippen molar-refractivity contribution < 1.29 is 4.92 Å². The molecule has 1 aromatic rings. The molecule has 0 unspecified atom stereocenters. The molecule has 1 heterocycles. The van der Waals surface area contributed by atoms with E-state index in [2.05, 4.69) is 10.6 Å². The Kier molecular flexibility index (Phi) is 4.34. The van der Waals surface area contributed by atoms with Crippen LogP contribution in [0.1, 0.15) is 16.8 Å². The van der Waals surface area contributed by atoms with Crippen LogP contribution in [0.15, 0.2) is 6.20 Å². The van der Waals surface area contributed by atoms with Gasteiger partial charge >= 0.3 is 0 Å². The lowest BCUT2D eigenvalue weighted by atomic mass is 10.1. The number of aromatic nitrogens is 1. The molecule has 1 rings (SSSR count). The van der Waals surface area contributed by atoms with Gasteiger partial charge in [-0.15, -0.1) is 0 Å². The number of hydrogen-bond acceptors (Lipinski definition) is 5. The van der Waals surface area contributed by atoms with E-state index in [0.717, 1.165) is 0 Å². The fourth-order valence-electron chi connectivity index (χ4n) is 1.10. The van der Waals surface area contributed by atoms with Gasteiger partial charge in [-0.25, -0.2) is 0 Å². The highest BCUT2D eigenvalue weighted by molar-refractivity contribution is 5.46. The van der Waals surface area contributed by atoms with Crippen LogP contribution in [0.5, 0.6) is 0 Å². The van der Waals surface area contributed by atoms with Crippen LogP contribution in [-0.2, 0) is 0 Å². The smallest absolute Gasteiger partial charge is 0.261 e. The lowest BCUT2D eigenvalue weighted by Crippen LogP contribution is -1.98. The lowest BCUT2D eigenvalue weighted by molar-refractivity contribution is -0.386. The molecule has 0 saturated heterocycles. The molecule has 0 fully saturated rings. The molecule has 1 aromatic heterocycles. The van der Waals surface area contributed by atoms with Crippen LogP contribution < -0.4 is 0 Å². The quantitative estimate of drug-likeness (QED) is 0.424. The SMILES string of the molecule is Cc1cnc(C)c(C)c1[N+](=O)[O-].N=O. The number of nitro groups is 1. The Morgan fingerprint density at radius 2 is 1.86 bits per heavy atom. The average Bonchev–Trinajstić information content (AvgIpc) is 2.15. The zero-order valence-electron chi connectivity index (χ0n) is 8.20. The summed E-state index contributed by atoms with van der Waals surface area (Å²) >= 11 is 0. The van der Waals surface area contributed by atoms with Crippen molar-refractivity contribution in [2.75, 3.05) is 0 Å². The maximum atomic E-state index is 10.6. The molecule has 6 heteroatoms.